The maximum Gasteiger partial charge on any atom is 0.339 e. The number of carbonyl (C=O) groups is 1. The van der Waals surface area contributed by atoms with Crippen LogP contribution in [-0.2, 0) is 4.74 Å². The molecule has 0 atom stereocenters. The Bertz CT molecular complexity index is 713. The van der Waals surface area contributed by atoms with E-state index < -0.39 is 0 Å². The molecule has 8 heteroatoms. The number of nitrogens with zero attached hydrogens (tertiary/aromatic N) is 4. The monoisotopic (exact) mass is 354 g/mol. The number of rotatable bonds is 4. The second-order valence-electron chi connectivity index (χ2n) is 5.29. The van der Waals surface area contributed by atoms with Crippen LogP contribution in [0.1, 0.15) is 24.2 Å². The van der Waals surface area contributed by atoms with Crippen LogP contribution in [0.15, 0.2) is 5.38 Å². The molecule has 1 saturated heterocycles. The Morgan fingerprint density at radius 1 is 1.30 bits per heavy atom. The average Bonchev–Trinajstić information content (AvgIpc) is 2.98. The summed E-state index contributed by atoms with van der Waals surface area (Å²) in [4.78, 5) is 26.2. The minimum absolute atomic E-state index is 0.211. The van der Waals surface area contributed by atoms with E-state index in [4.69, 9.17) is 16.3 Å². The van der Waals surface area contributed by atoms with Gasteiger partial charge in [0, 0.05) is 31.6 Å². The fourth-order valence-corrected chi connectivity index (χ4v) is 3.88. The summed E-state index contributed by atoms with van der Waals surface area (Å²) in [7, 11) is 0. The van der Waals surface area contributed by atoms with E-state index in [1.54, 1.807) is 12.3 Å². The van der Waals surface area contributed by atoms with Crippen molar-refractivity contribution in [2.75, 3.05) is 44.2 Å². The molecule has 0 saturated carbocycles. The van der Waals surface area contributed by atoms with E-state index in [1.165, 1.54) is 11.3 Å². The molecule has 1 aliphatic rings. The van der Waals surface area contributed by atoms with Gasteiger partial charge in [-0.1, -0.05) is 6.92 Å². The zero-order chi connectivity index (χ0) is 16.4. The quantitative estimate of drug-likeness (QED) is 0.621. The first-order valence-electron chi connectivity index (χ1n) is 7.73. The number of likely N-dealkylation sites (N-methyl/N-ethyl adjacent to an activating group) is 1. The van der Waals surface area contributed by atoms with Gasteiger partial charge in [0.15, 0.2) is 0 Å². The number of fused-ring (bicyclic) bond motifs is 1. The topological polar surface area (TPSA) is 58.6 Å². The molecule has 23 heavy (non-hydrogen) atoms. The molecule has 1 fully saturated rings. The number of thiophene rings is 1. The van der Waals surface area contributed by atoms with Crippen LogP contribution in [0.25, 0.3) is 10.2 Å². The fraction of sp³-hybridized carbons (Fsp3) is 0.533. The van der Waals surface area contributed by atoms with Crippen molar-refractivity contribution in [3.8, 4) is 0 Å². The fourth-order valence-electron chi connectivity index (χ4n) is 2.76. The predicted molar refractivity (Wildman–Crippen MR) is 92.7 cm³/mol. The first-order chi connectivity index (χ1) is 11.1. The van der Waals surface area contributed by atoms with Gasteiger partial charge >= 0.3 is 5.97 Å². The molecule has 0 aliphatic carbocycles. The summed E-state index contributed by atoms with van der Waals surface area (Å²) in [6, 6.07) is 0. The van der Waals surface area contributed by atoms with Crippen LogP contribution in [0.5, 0.6) is 0 Å². The maximum atomic E-state index is 12.2. The molecule has 2 aromatic heterocycles. The number of piperazine rings is 1. The third-order valence-corrected chi connectivity index (χ3v) is 5.04. The molecule has 0 spiro atoms. The molecule has 2 aromatic rings. The van der Waals surface area contributed by atoms with Crippen LogP contribution in [0.2, 0.25) is 5.28 Å². The third-order valence-electron chi connectivity index (χ3n) is 4.00. The Morgan fingerprint density at radius 2 is 2.04 bits per heavy atom. The standard InChI is InChI=1S/C15H19ClN4O2S/c1-3-19-5-7-20(8-6-19)12-11-10(14(21)22-4-2)9-23-13(11)18-15(16)17-12/h9H,3-8H2,1-2H3. The van der Waals surface area contributed by atoms with Crippen molar-refractivity contribution in [3.05, 3.63) is 16.2 Å². The van der Waals surface area contributed by atoms with Crippen molar-refractivity contribution in [1.29, 1.82) is 0 Å². The van der Waals surface area contributed by atoms with E-state index >= 15 is 0 Å². The van der Waals surface area contributed by atoms with Crippen LogP contribution in [-0.4, -0.2) is 60.2 Å². The lowest BCUT2D eigenvalue weighted by Crippen LogP contribution is -2.46. The van der Waals surface area contributed by atoms with Gasteiger partial charge in [-0.3, -0.25) is 0 Å². The molecule has 0 radical (unpaired) electrons. The molecule has 6 nitrogen and oxygen atoms in total. The number of hydrogen-bond acceptors (Lipinski definition) is 7. The Labute approximate surface area is 144 Å². The van der Waals surface area contributed by atoms with Crippen LogP contribution in [0.3, 0.4) is 0 Å². The number of halogens is 1. The molecule has 0 aromatic carbocycles. The Hall–Kier alpha value is -1.44. The average molecular weight is 355 g/mol. The van der Waals surface area contributed by atoms with E-state index in [0.29, 0.717) is 12.2 Å². The maximum absolute atomic E-state index is 12.2. The second kappa shape index (κ2) is 6.98. The summed E-state index contributed by atoms with van der Waals surface area (Å²) in [5.74, 6) is 0.401. The molecule has 0 amide bonds. The van der Waals surface area contributed by atoms with Crippen LogP contribution in [0.4, 0.5) is 5.82 Å². The minimum atomic E-state index is -0.335. The molecule has 0 bridgehead atoms. The second-order valence-corrected chi connectivity index (χ2v) is 6.48. The first-order valence-corrected chi connectivity index (χ1v) is 8.99. The number of carbonyl (C=O) groups excluding carboxylic acids is 1. The number of anilines is 1. The van der Waals surface area contributed by atoms with Crippen molar-refractivity contribution < 1.29 is 9.53 Å². The number of esters is 1. The SMILES string of the molecule is CCOC(=O)c1csc2nc(Cl)nc(N3CCN(CC)CC3)c12. The lowest BCUT2D eigenvalue weighted by Gasteiger charge is -2.35. The molecule has 3 rings (SSSR count). The summed E-state index contributed by atoms with van der Waals surface area (Å²) in [6.07, 6.45) is 0. The number of hydrogen-bond donors (Lipinski definition) is 0. The number of aromatic nitrogens is 2. The van der Waals surface area contributed by atoms with Crippen molar-refractivity contribution in [1.82, 2.24) is 14.9 Å². The number of ether oxygens (including phenoxy) is 1. The van der Waals surface area contributed by atoms with Gasteiger partial charge in [-0.05, 0) is 25.1 Å². The zero-order valence-electron chi connectivity index (χ0n) is 13.2. The Balaban J connectivity index is 2.01. The highest BCUT2D eigenvalue weighted by Crippen LogP contribution is 2.34. The van der Waals surface area contributed by atoms with Gasteiger partial charge in [0.2, 0.25) is 5.28 Å². The van der Waals surface area contributed by atoms with Gasteiger partial charge in [-0.2, -0.15) is 4.98 Å². The normalized spacial score (nSPS) is 16.0. The highest BCUT2D eigenvalue weighted by molar-refractivity contribution is 7.17. The molecular weight excluding hydrogens is 336 g/mol. The Morgan fingerprint density at radius 3 is 2.70 bits per heavy atom. The summed E-state index contributed by atoms with van der Waals surface area (Å²) < 4.78 is 5.15. The molecular formula is C15H19ClN4O2S. The lowest BCUT2D eigenvalue weighted by molar-refractivity contribution is 0.0529. The lowest BCUT2D eigenvalue weighted by atomic mass is 10.2. The predicted octanol–water partition coefficient (Wildman–Crippen LogP) is 2.66. The summed E-state index contributed by atoms with van der Waals surface area (Å²) >= 11 is 7.47. The van der Waals surface area contributed by atoms with Crippen molar-refractivity contribution in [2.45, 2.75) is 13.8 Å². The molecule has 124 valence electrons. The smallest absolute Gasteiger partial charge is 0.339 e. The van der Waals surface area contributed by atoms with Crippen LogP contribution >= 0.6 is 22.9 Å². The van der Waals surface area contributed by atoms with Crippen LogP contribution < -0.4 is 4.90 Å². The van der Waals surface area contributed by atoms with Gasteiger partial charge < -0.3 is 14.5 Å². The highest BCUT2D eigenvalue weighted by Gasteiger charge is 2.25. The minimum Gasteiger partial charge on any atom is -0.462 e. The zero-order valence-corrected chi connectivity index (χ0v) is 14.8. The molecule has 0 unspecified atom stereocenters. The summed E-state index contributed by atoms with van der Waals surface area (Å²) in [6.45, 7) is 8.99. The summed E-state index contributed by atoms with van der Waals surface area (Å²) in [5.41, 5.74) is 0.524. The van der Waals surface area contributed by atoms with Crippen molar-refractivity contribution >= 4 is 44.9 Å². The molecule has 1 aliphatic heterocycles. The van der Waals surface area contributed by atoms with E-state index in [9.17, 15) is 4.79 Å². The van der Waals surface area contributed by atoms with Gasteiger partial charge in [0.1, 0.15) is 10.6 Å². The molecule has 3 heterocycles. The highest BCUT2D eigenvalue weighted by atomic mass is 35.5. The van der Waals surface area contributed by atoms with Gasteiger partial charge in [-0.15, -0.1) is 11.3 Å². The largest absolute Gasteiger partial charge is 0.462 e. The van der Waals surface area contributed by atoms with Gasteiger partial charge in [-0.25, -0.2) is 9.78 Å². The third kappa shape index (κ3) is 3.27. The van der Waals surface area contributed by atoms with Crippen molar-refractivity contribution in [2.24, 2.45) is 0 Å². The Kier molecular flexibility index (Phi) is 4.99. The van der Waals surface area contributed by atoms with Crippen LogP contribution in [0, 0.1) is 0 Å². The van der Waals surface area contributed by atoms with Crippen molar-refractivity contribution in [3.63, 3.8) is 0 Å². The summed E-state index contributed by atoms with van der Waals surface area (Å²) in [5, 5.41) is 2.74. The van der Waals surface area contributed by atoms with E-state index in [2.05, 4.69) is 26.7 Å². The first kappa shape index (κ1) is 16.4. The van der Waals surface area contributed by atoms with Gasteiger partial charge in [0.05, 0.1) is 17.6 Å². The molecule has 0 N–H and O–H groups in total. The van der Waals surface area contributed by atoms with Gasteiger partial charge in [0.25, 0.3) is 0 Å². The van der Waals surface area contributed by atoms with E-state index in [-0.39, 0.29) is 11.3 Å². The van der Waals surface area contributed by atoms with E-state index in [1.807, 2.05) is 0 Å². The van der Waals surface area contributed by atoms with E-state index in [0.717, 1.165) is 48.8 Å².